The monoisotopic (exact) mass is 248 g/mol. The SMILES string of the molecule is COC(=O)c1cc(C=CCCNC(C)=O)ccn1. The number of carbonyl (C=O) groups excluding carboxylic acids is 2. The number of nitrogens with one attached hydrogen (secondary N) is 1. The van der Waals surface area contributed by atoms with Crippen molar-refractivity contribution in [2.24, 2.45) is 0 Å². The molecular formula is C13H16N2O3. The van der Waals surface area contributed by atoms with Crippen LogP contribution in [0.2, 0.25) is 0 Å². The van der Waals surface area contributed by atoms with Crippen LogP contribution in [0.1, 0.15) is 29.4 Å². The first-order chi connectivity index (χ1) is 8.63. The molecule has 0 unspecified atom stereocenters. The zero-order valence-electron chi connectivity index (χ0n) is 10.5. The molecule has 18 heavy (non-hydrogen) atoms. The Bertz CT molecular complexity index is 455. The fourth-order valence-electron chi connectivity index (χ4n) is 1.32. The molecule has 5 heteroatoms. The third-order valence-corrected chi connectivity index (χ3v) is 2.17. The Balaban J connectivity index is 2.54. The van der Waals surface area contributed by atoms with Gasteiger partial charge in [0.1, 0.15) is 5.69 Å². The van der Waals surface area contributed by atoms with Gasteiger partial charge in [-0.2, -0.15) is 0 Å². The Morgan fingerprint density at radius 3 is 2.94 bits per heavy atom. The van der Waals surface area contributed by atoms with Crippen LogP contribution in [-0.4, -0.2) is 30.5 Å². The van der Waals surface area contributed by atoms with E-state index in [2.05, 4.69) is 15.0 Å². The highest BCUT2D eigenvalue weighted by Crippen LogP contribution is 2.05. The van der Waals surface area contributed by atoms with Gasteiger partial charge in [0.05, 0.1) is 7.11 Å². The van der Waals surface area contributed by atoms with Gasteiger partial charge in [-0.1, -0.05) is 12.2 Å². The highest BCUT2D eigenvalue weighted by Gasteiger charge is 2.05. The van der Waals surface area contributed by atoms with Gasteiger partial charge in [0.15, 0.2) is 0 Å². The van der Waals surface area contributed by atoms with Crippen molar-refractivity contribution in [2.75, 3.05) is 13.7 Å². The fraction of sp³-hybridized carbons (Fsp3) is 0.308. The molecule has 0 spiro atoms. The van der Waals surface area contributed by atoms with E-state index in [1.54, 1.807) is 18.3 Å². The van der Waals surface area contributed by atoms with E-state index in [4.69, 9.17) is 0 Å². The molecule has 0 atom stereocenters. The summed E-state index contributed by atoms with van der Waals surface area (Å²) in [6.45, 7) is 2.08. The van der Waals surface area contributed by atoms with Crippen LogP contribution in [-0.2, 0) is 9.53 Å². The van der Waals surface area contributed by atoms with E-state index in [9.17, 15) is 9.59 Å². The molecule has 1 N–H and O–H groups in total. The number of amides is 1. The number of aromatic nitrogens is 1. The van der Waals surface area contributed by atoms with Crippen LogP contribution in [0.5, 0.6) is 0 Å². The van der Waals surface area contributed by atoms with Gasteiger partial charge in [0, 0.05) is 19.7 Å². The predicted octanol–water partition coefficient (Wildman–Crippen LogP) is 1.41. The topological polar surface area (TPSA) is 68.3 Å². The second-order valence-corrected chi connectivity index (χ2v) is 3.64. The molecule has 1 aromatic rings. The number of rotatable bonds is 5. The highest BCUT2D eigenvalue weighted by atomic mass is 16.5. The molecule has 0 saturated heterocycles. The average Bonchev–Trinajstić information content (AvgIpc) is 2.37. The zero-order valence-corrected chi connectivity index (χ0v) is 10.5. The van der Waals surface area contributed by atoms with Gasteiger partial charge in [0.25, 0.3) is 0 Å². The minimum atomic E-state index is -0.455. The van der Waals surface area contributed by atoms with Crippen LogP contribution in [0.4, 0.5) is 0 Å². The van der Waals surface area contributed by atoms with E-state index < -0.39 is 5.97 Å². The lowest BCUT2D eigenvalue weighted by Gasteiger charge is -1.99. The second-order valence-electron chi connectivity index (χ2n) is 3.64. The van der Waals surface area contributed by atoms with Gasteiger partial charge in [0.2, 0.25) is 5.91 Å². The number of nitrogens with zero attached hydrogens (tertiary/aromatic N) is 1. The molecule has 0 saturated carbocycles. The lowest BCUT2D eigenvalue weighted by atomic mass is 10.2. The molecule has 0 aliphatic rings. The van der Waals surface area contributed by atoms with Crippen LogP contribution in [0.25, 0.3) is 6.08 Å². The standard InChI is InChI=1S/C13H16N2O3/c1-10(16)14-7-4-3-5-11-6-8-15-12(9-11)13(17)18-2/h3,5-6,8-9H,4,7H2,1-2H3,(H,14,16). The largest absolute Gasteiger partial charge is 0.464 e. The van der Waals surface area contributed by atoms with E-state index >= 15 is 0 Å². The summed E-state index contributed by atoms with van der Waals surface area (Å²) in [4.78, 5) is 25.8. The molecule has 0 fully saturated rings. The van der Waals surface area contributed by atoms with Crippen molar-refractivity contribution in [1.82, 2.24) is 10.3 Å². The highest BCUT2D eigenvalue weighted by molar-refractivity contribution is 5.87. The Labute approximate surface area is 106 Å². The number of pyridine rings is 1. The van der Waals surface area contributed by atoms with Crippen LogP contribution in [0, 0.1) is 0 Å². The molecule has 1 heterocycles. The van der Waals surface area contributed by atoms with Crippen LogP contribution in [0.3, 0.4) is 0 Å². The van der Waals surface area contributed by atoms with Crippen molar-refractivity contribution in [1.29, 1.82) is 0 Å². The maximum atomic E-state index is 11.3. The predicted molar refractivity (Wildman–Crippen MR) is 67.9 cm³/mol. The van der Waals surface area contributed by atoms with Crippen LogP contribution < -0.4 is 5.32 Å². The third kappa shape index (κ3) is 4.78. The van der Waals surface area contributed by atoms with E-state index in [1.165, 1.54) is 14.0 Å². The Morgan fingerprint density at radius 2 is 2.28 bits per heavy atom. The summed E-state index contributed by atoms with van der Waals surface area (Å²) in [6, 6.07) is 3.45. The van der Waals surface area contributed by atoms with Gasteiger partial charge in [-0.25, -0.2) is 9.78 Å². The Hall–Kier alpha value is -2.17. The number of methoxy groups -OCH3 is 1. The summed E-state index contributed by atoms with van der Waals surface area (Å²) in [5.41, 5.74) is 1.15. The molecule has 0 bridgehead atoms. The zero-order chi connectivity index (χ0) is 13.4. The number of esters is 1. The summed E-state index contributed by atoms with van der Waals surface area (Å²) in [5, 5.41) is 2.69. The lowest BCUT2D eigenvalue weighted by Crippen LogP contribution is -2.20. The van der Waals surface area contributed by atoms with Crippen molar-refractivity contribution < 1.29 is 14.3 Å². The first-order valence-electron chi connectivity index (χ1n) is 5.59. The smallest absolute Gasteiger partial charge is 0.356 e. The summed E-state index contributed by atoms with van der Waals surface area (Å²) in [7, 11) is 1.32. The van der Waals surface area contributed by atoms with E-state index in [0.29, 0.717) is 6.54 Å². The maximum Gasteiger partial charge on any atom is 0.356 e. The first kappa shape index (κ1) is 13.9. The molecule has 1 aromatic heterocycles. The summed E-state index contributed by atoms with van der Waals surface area (Å²) >= 11 is 0. The minimum absolute atomic E-state index is 0.0414. The van der Waals surface area contributed by atoms with Gasteiger partial charge in [-0.05, 0) is 24.1 Å². The van der Waals surface area contributed by atoms with Gasteiger partial charge in [-0.3, -0.25) is 4.79 Å². The Kier molecular flexibility index (Phi) is 5.57. The number of carbonyl (C=O) groups is 2. The van der Waals surface area contributed by atoms with E-state index in [-0.39, 0.29) is 11.6 Å². The molecule has 0 radical (unpaired) electrons. The van der Waals surface area contributed by atoms with Crippen molar-refractivity contribution in [3.05, 3.63) is 35.7 Å². The van der Waals surface area contributed by atoms with Crippen molar-refractivity contribution >= 4 is 18.0 Å². The van der Waals surface area contributed by atoms with Gasteiger partial charge in [-0.15, -0.1) is 0 Å². The minimum Gasteiger partial charge on any atom is -0.464 e. The van der Waals surface area contributed by atoms with Crippen molar-refractivity contribution in [3.8, 4) is 0 Å². The first-order valence-corrected chi connectivity index (χ1v) is 5.59. The van der Waals surface area contributed by atoms with E-state index in [0.717, 1.165) is 12.0 Å². The number of hydrogen-bond acceptors (Lipinski definition) is 4. The number of hydrogen-bond donors (Lipinski definition) is 1. The summed E-state index contributed by atoms with van der Waals surface area (Å²) < 4.78 is 4.59. The normalized spacial score (nSPS) is 10.3. The van der Waals surface area contributed by atoms with Crippen LogP contribution in [0.15, 0.2) is 24.4 Å². The second kappa shape index (κ2) is 7.21. The molecule has 1 amide bonds. The van der Waals surface area contributed by atoms with Crippen LogP contribution >= 0.6 is 0 Å². The third-order valence-electron chi connectivity index (χ3n) is 2.17. The van der Waals surface area contributed by atoms with E-state index in [1.807, 2.05) is 12.2 Å². The van der Waals surface area contributed by atoms with Gasteiger partial charge < -0.3 is 10.1 Å². The molecule has 0 aromatic carbocycles. The quantitative estimate of drug-likeness (QED) is 0.632. The fourth-order valence-corrected chi connectivity index (χ4v) is 1.32. The Morgan fingerprint density at radius 1 is 1.50 bits per heavy atom. The van der Waals surface area contributed by atoms with Gasteiger partial charge >= 0.3 is 5.97 Å². The molecular weight excluding hydrogens is 232 g/mol. The molecule has 0 aliphatic carbocycles. The average molecular weight is 248 g/mol. The number of ether oxygens (including phenoxy) is 1. The lowest BCUT2D eigenvalue weighted by molar-refractivity contribution is -0.118. The summed E-state index contributed by atoms with van der Waals surface area (Å²) in [6.07, 6.45) is 6.08. The maximum absolute atomic E-state index is 11.3. The summed E-state index contributed by atoms with van der Waals surface area (Å²) in [5.74, 6) is -0.496. The molecule has 0 aliphatic heterocycles. The molecule has 96 valence electrons. The van der Waals surface area contributed by atoms with Crippen molar-refractivity contribution in [3.63, 3.8) is 0 Å². The molecule has 1 rings (SSSR count). The molecule has 5 nitrogen and oxygen atoms in total. The van der Waals surface area contributed by atoms with Crippen molar-refractivity contribution in [2.45, 2.75) is 13.3 Å².